The molecule has 0 aliphatic carbocycles. The van der Waals surface area contributed by atoms with Crippen LogP contribution in [-0.2, 0) is 0 Å². The molecule has 0 bridgehead atoms. The van der Waals surface area contributed by atoms with Crippen molar-refractivity contribution in [1.29, 1.82) is 0 Å². The van der Waals surface area contributed by atoms with Gasteiger partial charge in [0.25, 0.3) is 0 Å². The Kier molecular flexibility index (Phi) is 3.83. The number of para-hydroxylation sites is 4. The molecular formula is C25H16N4O2. The summed E-state index contributed by atoms with van der Waals surface area (Å²) >= 11 is 0. The van der Waals surface area contributed by atoms with Gasteiger partial charge in [-0.3, -0.25) is 0 Å². The Bertz CT molecular complexity index is 1580. The van der Waals surface area contributed by atoms with E-state index in [0.29, 0.717) is 22.7 Å². The maximum Gasteiger partial charge on any atom is 0.345 e. The molecule has 6 rings (SSSR count). The Hall–Kier alpha value is -4.45. The predicted molar refractivity (Wildman–Crippen MR) is 120 cm³/mol. The number of nitrogens with zero attached hydrogens (tertiary/aromatic N) is 3. The zero-order chi connectivity index (χ0) is 20.8. The maximum atomic E-state index is 12.9. The second-order valence-electron chi connectivity index (χ2n) is 7.26. The van der Waals surface area contributed by atoms with Gasteiger partial charge in [-0.2, -0.15) is 5.10 Å². The van der Waals surface area contributed by atoms with Gasteiger partial charge >= 0.3 is 5.63 Å². The average Bonchev–Trinajstić information content (AvgIpc) is 3.43. The normalized spacial score (nSPS) is 11.4. The molecule has 6 heteroatoms. The van der Waals surface area contributed by atoms with Crippen molar-refractivity contribution in [2.75, 3.05) is 0 Å². The molecule has 31 heavy (non-hydrogen) atoms. The molecule has 6 nitrogen and oxygen atoms in total. The van der Waals surface area contributed by atoms with E-state index in [1.807, 2.05) is 85.1 Å². The highest BCUT2D eigenvalue weighted by atomic mass is 16.4. The fourth-order valence-corrected chi connectivity index (χ4v) is 3.77. The zero-order valence-corrected chi connectivity index (χ0v) is 16.3. The van der Waals surface area contributed by atoms with Crippen LogP contribution in [0.4, 0.5) is 0 Å². The second-order valence-corrected chi connectivity index (χ2v) is 7.26. The van der Waals surface area contributed by atoms with Gasteiger partial charge in [-0.05, 0) is 36.4 Å². The van der Waals surface area contributed by atoms with E-state index in [2.05, 4.69) is 4.98 Å². The summed E-state index contributed by atoms with van der Waals surface area (Å²) in [6, 6.07) is 26.9. The van der Waals surface area contributed by atoms with Crippen molar-refractivity contribution in [1.82, 2.24) is 19.7 Å². The molecule has 3 heterocycles. The summed E-state index contributed by atoms with van der Waals surface area (Å²) in [7, 11) is 0. The third kappa shape index (κ3) is 2.93. The van der Waals surface area contributed by atoms with Crippen LogP contribution in [0.1, 0.15) is 0 Å². The van der Waals surface area contributed by atoms with Crippen LogP contribution >= 0.6 is 0 Å². The number of aromatic amines is 1. The van der Waals surface area contributed by atoms with Crippen molar-refractivity contribution in [3.8, 4) is 28.3 Å². The van der Waals surface area contributed by atoms with Crippen molar-refractivity contribution in [3.05, 3.63) is 102 Å². The number of hydrogen-bond acceptors (Lipinski definition) is 4. The number of H-pyrrole nitrogens is 1. The molecule has 0 spiro atoms. The van der Waals surface area contributed by atoms with E-state index in [9.17, 15) is 4.79 Å². The quantitative estimate of drug-likeness (QED) is 0.412. The van der Waals surface area contributed by atoms with Crippen LogP contribution in [0.5, 0.6) is 0 Å². The fraction of sp³-hybridized carbons (Fsp3) is 0. The lowest BCUT2D eigenvalue weighted by molar-refractivity contribution is 0.563. The molecule has 0 radical (unpaired) electrons. The molecule has 6 aromatic rings. The SMILES string of the molecule is O=c1oc2ccccc2cc1-c1nn(-c2ccccc2)cc1-c1nc2ccccc2[nH]1. The van der Waals surface area contributed by atoms with E-state index >= 15 is 0 Å². The van der Waals surface area contributed by atoms with E-state index in [0.717, 1.165) is 27.7 Å². The van der Waals surface area contributed by atoms with Gasteiger partial charge in [-0.15, -0.1) is 0 Å². The van der Waals surface area contributed by atoms with Gasteiger partial charge in [-0.1, -0.05) is 48.5 Å². The maximum absolute atomic E-state index is 12.9. The van der Waals surface area contributed by atoms with Crippen molar-refractivity contribution >= 4 is 22.0 Å². The number of aromatic nitrogens is 4. The van der Waals surface area contributed by atoms with Gasteiger partial charge in [0.1, 0.15) is 17.1 Å². The lowest BCUT2D eigenvalue weighted by atomic mass is 10.1. The smallest absolute Gasteiger partial charge is 0.345 e. The number of hydrogen-bond donors (Lipinski definition) is 1. The van der Waals surface area contributed by atoms with Gasteiger partial charge < -0.3 is 9.40 Å². The summed E-state index contributed by atoms with van der Waals surface area (Å²) in [6.45, 7) is 0. The molecule has 1 N–H and O–H groups in total. The molecule has 148 valence electrons. The molecule has 0 aliphatic heterocycles. The van der Waals surface area contributed by atoms with E-state index < -0.39 is 5.63 Å². The van der Waals surface area contributed by atoms with Gasteiger partial charge in [0.05, 0.1) is 27.8 Å². The van der Waals surface area contributed by atoms with Crippen LogP contribution in [0.25, 0.3) is 50.3 Å². The first-order chi connectivity index (χ1) is 15.3. The van der Waals surface area contributed by atoms with Crippen LogP contribution in [0, 0.1) is 0 Å². The number of benzene rings is 3. The third-order valence-corrected chi connectivity index (χ3v) is 5.28. The Morgan fingerprint density at radius 2 is 1.61 bits per heavy atom. The number of imidazole rings is 1. The minimum atomic E-state index is -0.436. The topological polar surface area (TPSA) is 76.7 Å². The van der Waals surface area contributed by atoms with Crippen molar-refractivity contribution in [2.45, 2.75) is 0 Å². The van der Waals surface area contributed by atoms with E-state index in [1.54, 1.807) is 10.7 Å². The summed E-state index contributed by atoms with van der Waals surface area (Å²) in [5.41, 5.74) is 4.39. The summed E-state index contributed by atoms with van der Waals surface area (Å²) < 4.78 is 7.33. The first-order valence-electron chi connectivity index (χ1n) is 9.90. The van der Waals surface area contributed by atoms with Crippen LogP contribution in [0.15, 0.2) is 100 Å². The Labute approximate surface area is 176 Å². The third-order valence-electron chi connectivity index (χ3n) is 5.28. The Morgan fingerprint density at radius 1 is 0.839 bits per heavy atom. The molecular weight excluding hydrogens is 388 g/mol. The number of rotatable bonds is 3. The largest absolute Gasteiger partial charge is 0.422 e. The molecule has 0 aliphatic rings. The molecule has 0 amide bonds. The molecule has 0 fully saturated rings. The minimum Gasteiger partial charge on any atom is -0.422 e. The van der Waals surface area contributed by atoms with Crippen LogP contribution in [0.3, 0.4) is 0 Å². The highest BCUT2D eigenvalue weighted by molar-refractivity contribution is 5.87. The Morgan fingerprint density at radius 3 is 2.48 bits per heavy atom. The lowest BCUT2D eigenvalue weighted by Crippen LogP contribution is -2.04. The first kappa shape index (κ1) is 17.4. The highest BCUT2D eigenvalue weighted by Gasteiger charge is 2.20. The minimum absolute atomic E-state index is 0.392. The van der Waals surface area contributed by atoms with Gasteiger partial charge in [0.2, 0.25) is 0 Å². The monoisotopic (exact) mass is 404 g/mol. The van der Waals surface area contributed by atoms with Gasteiger partial charge in [-0.25, -0.2) is 14.5 Å². The first-order valence-corrected chi connectivity index (χ1v) is 9.90. The van der Waals surface area contributed by atoms with Crippen LogP contribution in [-0.4, -0.2) is 19.7 Å². The summed E-state index contributed by atoms with van der Waals surface area (Å²) in [5.74, 6) is 0.644. The zero-order valence-electron chi connectivity index (χ0n) is 16.3. The average molecular weight is 404 g/mol. The number of nitrogens with one attached hydrogen (secondary N) is 1. The standard InChI is InChI=1S/C25H16N4O2/c30-25-18(14-16-8-4-7-13-22(16)31-25)23-19(15-29(28-23)17-9-2-1-3-10-17)24-26-20-11-5-6-12-21(20)27-24/h1-15H,(H,26,27). The highest BCUT2D eigenvalue weighted by Crippen LogP contribution is 2.31. The molecule has 0 atom stereocenters. The molecule has 3 aromatic heterocycles. The van der Waals surface area contributed by atoms with E-state index in [1.165, 1.54) is 0 Å². The van der Waals surface area contributed by atoms with Crippen molar-refractivity contribution in [3.63, 3.8) is 0 Å². The van der Waals surface area contributed by atoms with E-state index in [4.69, 9.17) is 14.5 Å². The molecule has 0 saturated heterocycles. The summed E-state index contributed by atoms with van der Waals surface area (Å²) in [5, 5.41) is 5.60. The fourth-order valence-electron chi connectivity index (χ4n) is 3.77. The van der Waals surface area contributed by atoms with Crippen molar-refractivity contribution in [2.24, 2.45) is 0 Å². The second kappa shape index (κ2) is 6.81. The predicted octanol–water partition coefficient (Wildman–Crippen LogP) is 5.19. The van der Waals surface area contributed by atoms with E-state index in [-0.39, 0.29) is 0 Å². The van der Waals surface area contributed by atoms with Crippen LogP contribution < -0.4 is 5.63 Å². The lowest BCUT2D eigenvalue weighted by Gasteiger charge is -2.02. The summed E-state index contributed by atoms with van der Waals surface area (Å²) in [4.78, 5) is 21.0. The number of fused-ring (bicyclic) bond motifs is 2. The molecule has 0 saturated carbocycles. The van der Waals surface area contributed by atoms with Crippen molar-refractivity contribution < 1.29 is 4.42 Å². The molecule has 3 aromatic carbocycles. The Balaban J connectivity index is 1.63. The summed E-state index contributed by atoms with van der Waals surface area (Å²) in [6.07, 6.45) is 1.89. The molecule has 0 unspecified atom stereocenters. The van der Waals surface area contributed by atoms with Crippen LogP contribution in [0.2, 0.25) is 0 Å². The van der Waals surface area contributed by atoms with Gasteiger partial charge in [0.15, 0.2) is 0 Å². The van der Waals surface area contributed by atoms with Gasteiger partial charge in [0, 0.05) is 11.6 Å².